The highest BCUT2D eigenvalue weighted by Gasteiger charge is 2.08. The molecule has 3 aromatic rings. The van der Waals surface area contributed by atoms with Gasteiger partial charge in [-0.1, -0.05) is 12.1 Å². The molecule has 9 heteroatoms. The van der Waals surface area contributed by atoms with Crippen molar-refractivity contribution in [1.29, 1.82) is 0 Å². The number of nitro benzene ring substituents is 1. The molecule has 0 radical (unpaired) electrons. The smallest absolute Gasteiger partial charge is 0.269 e. The second-order valence-corrected chi connectivity index (χ2v) is 6.72. The van der Waals surface area contributed by atoms with Gasteiger partial charge in [-0.2, -0.15) is 5.10 Å². The Morgan fingerprint density at radius 3 is 2.41 bits per heavy atom. The van der Waals surface area contributed by atoms with Crippen molar-refractivity contribution in [2.45, 2.75) is 13.0 Å². The van der Waals surface area contributed by atoms with Crippen LogP contribution in [0.3, 0.4) is 0 Å². The van der Waals surface area contributed by atoms with Gasteiger partial charge in [-0.15, -0.1) is 0 Å². The number of amides is 1. The maximum absolute atomic E-state index is 12.9. The summed E-state index contributed by atoms with van der Waals surface area (Å²) in [6.07, 6.45) is 1.54. The van der Waals surface area contributed by atoms with Gasteiger partial charge in [-0.3, -0.25) is 14.9 Å². The number of hydrogen-bond acceptors (Lipinski definition) is 6. The quantitative estimate of drug-likeness (QED) is 0.309. The van der Waals surface area contributed by atoms with Gasteiger partial charge in [0.15, 0.2) is 11.5 Å². The van der Waals surface area contributed by atoms with Crippen LogP contribution in [0.5, 0.6) is 11.5 Å². The maximum atomic E-state index is 12.9. The molecule has 8 nitrogen and oxygen atoms in total. The average molecular weight is 437 g/mol. The summed E-state index contributed by atoms with van der Waals surface area (Å²) in [5, 5.41) is 14.7. The van der Waals surface area contributed by atoms with Crippen molar-refractivity contribution in [3.8, 4) is 11.5 Å². The molecule has 0 fully saturated rings. The van der Waals surface area contributed by atoms with Gasteiger partial charge in [0, 0.05) is 12.1 Å². The Kier molecular flexibility index (Phi) is 7.47. The van der Waals surface area contributed by atoms with Crippen LogP contribution in [0.25, 0.3) is 0 Å². The summed E-state index contributed by atoms with van der Waals surface area (Å²) in [7, 11) is 1.50. The molecule has 0 aliphatic rings. The summed E-state index contributed by atoms with van der Waals surface area (Å²) in [6.45, 7) is 0.210. The number of non-ortho nitro benzene ring substituents is 1. The molecule has 0 spiro atoms. The number of halogens is 1. The fraction of sp³-hybridized carbons (Fsp3) is 0.130. The third-order valence-electron chi connectivity index (χ3n) is 4.41. The molecule has 3 aromatic carbocycles. The number of nitro groups is 1. The van der Waals surface area contributed by atoms with E-state index in [1.807, 2.05) is 0 Å². The summed E-state index contributed by atoms with van der Waals surface area (Å²) in [5.74, 6) is 0.265. The van der Waals surface area contributed by atoms with Crippen LogP contribution in [-0.4, -0.2) is 24.2 Å². The Hall–Kier alpha value is -4.27. The molecule has 0 unspecified atom stereocenters. The predicted molar refractivity (Wildman–Crippen MR) is 116 cm³/mol. The molecule has 0 bridgehead atoms. The number of hydrogen-bond donors (Lipinski definition) is 1. The number of nitrogens with one attached hydrogen (secondary N) is 1. The number of ether oxygens (including phenoxy) is 2. The highest BCUT2D eigenvalue weighted by Crippen LogP contribution is 2.28. The third-order valence-corrected chi connectivity index (χ3v) is 4.41. The van der Waals surface area contributed by atoms with Crippen LogP contribution in [0, 0.1) is 15.9 Å². The molecule has 164 valence electrons. The van der Waals surface area contributed by atoms with Crippen LogP contribution in [-0.2, 0) is 17.8 Å². The number of rotatable bonds is 9. The van der Waals surface area contributed by atoms with E-state index in [2.05, 4.69) is 10.5 Å². The van der Waals surface area contributed by atoms with E-state index in [4.69, 9.17) is 9.47 Å². The van der Waals surface area contributed by atoms with Gasteiger partial charge in [0.05, 0.1) is 24.7 Å². The number of benzene rings is 3. The number of hydrazone groups is 1. The van der Waals surface area contributed by atoms with E-state index >= 15 is 0 Å². The number of methoxy groups -OCH3 is 1. The third kappa shape index (κ3) is 6.36. The van der Waals surface area contributed by atoms with Gasteiger partial charge < -0.3 is 9.47 Å². The molecule has 1 N–H and O–H groups in total. The minimum Gasteiger partial charge on any atom is -0.493 e. The van der Waals surface area contributed by atoms with E-state index in [0.29, 0.717) is 22.6 Å². The van der Waals surface area contributed by atoms with Crippen LogP contribution < -0.4 is 14.9 Å². The normalized spacial score (nSPS) is 10.7. The molecule has 1 amide bonds. The molecule has 0 atom stereocenters. The average Bonchev–Trinajstić information content (AvgIpc) is 2.79. The summed E-state index contributed by atoms with van der Waals surface area (Å²) in [6, 6.07) is 16.9. The Morgan fingerprint density at radius 2 is 1.75 bits per heavy atom. The van der Waals surface area contributed by atoms with Crippen molar-refractivity contribution < 1.29 is 23.6 Å². The number of carbonyl (C=O) groups is 1. The molecular weight excluding hydrogens is 417 g/mol. The van der Waals surface area contributed by atoms with Crippen LogP contribution in [0.15, 0.2) is 71.8 Å². The van der Waals surface area contributed by atoms with Crippen LogP contribution >= 0.6 is 0 Å². The Balaban J connectivity index is 1.56. The fourth-order valence-corrected chi connectivity index (χ4v) is 2.76. The van der Waals surface area contributed by atoms with E-state index in [9.17, 15) is 19.3 Å². The molecule has 0 aromatic heterocycles. The van der Waals surface area contributed by atoms with Crippen molar-refractivity contribution in [3.63, 3.8) is 0 Å². The van der Waals surface area contributed by atoms with E-state index in [1.165, 1.54) is 37.6 Å². The first-order chi connectivity index (χ1) is 15.4. The van der Waals surface area contributed by atoms with Crippen LogP contribution in [0.4, 0.5) is 10.1 Å². The second kappa shape index (κ2) is 10.7. The summed E-state index contributed by atoms with van der Waals surface area (Å²) in [5.41, 5.74) is 4.56. The summed E-state index contributed by atoms with van der Waals surface area (Å²) >= 11 is 0. The molecule has 0 aliphatic carbocycles. The Labute approximate surface area is 183 Å². The largest absolute Gasteiger partial charge is 0.493 e. The van der Waals surface area contributed by atoms with Gasteiger partial charge in [0.25, 0.3) is 5.69 Å². The second-order valence-electron chi connectivity index (χ2n) is 6.72. The van der Waals surface area contributed by atoms with E-state index < -0.39 is 4.92 Å². The van der Waals surface area contributed by atoms with Gasteiger partial charge in [0.1, 0.15) is 12.4 Å². The zero-order valence-electron chi connectivity index (χ0n) is 17.2. The number of nitrogens with zero attached hydrogens (tertiary/aromatic N) is 2. The zero-order chi connectivity index (χ0) is 22.9. The predicted octanol–water partition coefficient (Wildman–Crippen LogP) is 4.01. The van der Waals surface area contributed by atoms with Crippen molar-refractivity contribution in [3.05, 3.63) is 99.4 Å². The minimum atomic E-state index is -0.459. The first-order valence-corrected chi connectivity index (χ1v) is 9.55. The van der Waals surface area contributed by atoms with Gasteiger partial charge in [0.2, 0.25) is 5.91 Å². The minimum absolute atomic E-state index is 0.0136. The van der Waals surface area contributed by atoms with Gasteiger partial charge >= 0.3 is 0 Å². The topological polar surface area (TPSA) is 103 Å². The van der Waals surface area contributed by atoms with Crippen molar-refractivity contribution in [2.24, 2.45) is 5.10 Å². The summed E-state index contributed by atoms with van der Waals surface area (Å²) in [4.78, 5) is 22.2. The molecule has 0 saturated heterocycles. The Bertz CT molecular complexity index is 1120. The van der Waals surface area contributed by atoms with E-state index in [-0.39, 0.29) is 30.4 Å². The first kappa shape index (κ1) is 22.4. The van der Waals surface area contributed by atoms with E-state index in [0.717, 1.165) is 5.56 Å². The molecule has 0 saturated carbocycles. The fourth-order valence-electron chi connectivity index (χ4n) is 2.76. The van der Waals surface area contributed by atoms with Gasteiger partial charge in [-0.05, 0) is 59.2 Å². The molecule has 32 heavy (non-hydrogen) atoms. The SMILES string of the molecule is COc1cc(/C=N/NC(=O)Cc2ccc(F)cc2)ccc1OCc1ccc([N+](=O)[O-])cc1. The van der Waals surface area contributed by atoms with Crippen LogP contribution in [0.2, 0.25) is 0 Å². The van der Waals surface area contributed by atoms with E-state index in [1.54, 1.807) is 42.5 Å². The summed E-state index contributed by atoms with van der Waals surface area (Å²) < 4.78 is 24.0. The molecule has 3 rings (SSSR count). The number of carbonyl (C=O) groups excluding carboxylic acids is 1. The molecule has 0 heterocycles. The molecular formula is C23H20FN3O5. The first-order valence-electron chi connectivity index (χ1n) is 9.55. The maximum Gasteiger partial charge on any atom is 0.269 e. The van der Waals surface area contributed by atoms with Gasteiger partial charge in [-0.25, -0.2) is 9.82 Å². The lowest BCUT2D eigenvalue weighted by Crippen LogP contribution is -2.19. The van der Waals surface area contributed by atoms with Crippen molar-refractivity contribution in [2.75, 3.05) is 7.11 Å². The zero-order valence-corrected chi connectivity index (χ0v) is 17.2. The highest BCUT2D eigenvalue weighted by molar-refractivity contribution is 5.84. The Morgan fingerprint density at radius 1 is 1.06 bits per heavy atom. The molecule has 0 aliphatic heterocycles. The monoisotopic (exact) mass is 437 g/mol. The lowest BCUT2D eigenvalue weighted by molar-refractivity contribution is -0.384. The lowest BCUT2D eigenvalue weighted by atomic mass is 10.1. The lowest BCUT2D eigenvalue weighted by Gasteiger charge is -2.11. The van der Waals surface area contributed by atoms with Crippen LogP contribution in [0.1, 0.15) is 16.7 Å². The van der Waals surface area contributed by atoms with Crippen molar-refractivity contribution in [1.82, 2.24) is 5.43 Å². The van der Waals surface area contributed by atoms with Crippen molar-refractivity contribution >= 4 is 17.8 Å². The highest BCUT2D eigenvalue weighted by atomic mass is 19.1. The standard InChI is InChI=1S/C23H20FN3O5/c1-31-22-12-18(14-25-26-23(28)13-16-2-7-19(24)8-3-16)6-11-21(22)32-15-17-4-9-20(10-5-17)27(29)30/h2-12,14H,13,15H2,1H3,(H,26,28)/b25-14+.